The van der Waals surface area contributed by atoms with Crippen molar-refractivity contribution >= 4 is 43.1 Å². The lowest BCUT2D eigenvalue weighted by Crippen LogP contribution is -2.17. The van der Waals surface area contributed by atoms with Gasteiger partial charge in [-0.2, -0.15) is 0 Å². The van der Waals surface area contributed by atoms with Gasteiger partial charge in [-0.3, -0.25) is 0 Å². The van der Waals surface area contributed by atoms with Crippen molar-refractivity contribution in [2.24, 2.45) is 0 Å². The van der Waals surface area contributed by atoms with Crippen LogP contribution in [0.4, 0.5) is 0 Å². The van der Waals surface area contributed by atoms with Crippen LogP contribution in [-0.4, -0.2) is 9.97 Å². The van der Waals surface area contributed by atoms with E-state index in [1.54, 1.807) is 22.7 Å². The van der Waals surface area contributed by atoms with Crippen molar-refractivity contribution in [1.82, 2.24) is 9.97 Å². The number of aromatic nitrogens is 2. The molecule has 214 valence electrons. The number of hydrogen-bond acceptors (Lipinski definition) is 4. The smallest absolute Gasteiger partial charge is 0.124 e. The topological polar surface area (TPSA) is 25.8 Å². The van der Waals surface area contributed by atoms with E-state index in [0.29, 0.717) is 0 Å². The summed E-state index contributed by atoms with van der Waals surface area (Å²) in [4.78, 5) is 10.0. The summed E-state index contributed by atoms with van der Waals surface area (Å²) < 4.78 is 2.48. The van der Waals surface area contributed by atoms with Gasteiger partial charge in [-0.25, -0.2) is 9.97 Å². The average molecular weight is 605 g/mol. The van der Waals surface area contributed by atoms with E-state index in [9.17, 15) is 0 Å². The summed E-state index contributed by atoms with van der Waals surface area (Å²) in [6, 6.07) is 31.5. The molecule has 0 N–H and O–H groups in total. The fraction of sp³-hybridized carbons (Fsp3) is 0.200. The Kier molecular flexibility index (Phi) is 5.23. The second-order valence-corrected chi connectivity index (χ2v) is 15.7. The molecular weight excluding hydrogens is 573 g/mol. The van der Waals surface area contributed by atoms with E-state index < -0.39 is 0 Å². The zero-order chi connectivity index (χ0) is 30.1. The van der Waals surface area contributed by atoms with E-state index in [0.717, 1.165) is 21.0 Å². The van der Waals surface area contributed by atoms with E-state index in [2.05, 4.69) is 126 Å². The van der Waals surface area contributed by atoms with Gasteiger partial charge in [0.15, 0.2) is 0 Å². The van der Waals surface area contributed by atoms with Gasteiger partial charge in [0.05, 0.1) is 20.4 Å². The van der Waals surface area contributed by atoms with E-state index in [4.69, 9.17) is 9.97 Å². The van der Waals surface area contributed by atoms with E-state index in [1.165, 1.54) is 76.2 Å². The molecule has 0 aliphatic heterocycles. The highest BCUT2D eigenvalue weighted by Gasteiger charge is 2.43. The molecule has 2 aliphatic rings. The van der Waals surface area contributed by atoms with Crippen LogP contribution in [0.3, 0.4) is 0 Å². The molecule has 7 aromatic rings. The molecule has 5 aromatic carbocycles. The van der Waals surface area contributed by atoms with Crippen LogP contribution >= 0.6 is 22.7 Å². The molecule has 0 spiro atoms. The first kappa shape index (κ1) is 26.3. The Balaban J connectivity index is 1.20. The number of para-hydroxylation sites is 2. The van der Waals surface area contributed by atoms with E-state index in [1.807, 2.05) is 0 Å². The molecule has 2 heterocycles. The zero-order valence-corrected chi connectivity index (χ0v) is 27.4. The fourth-order valence-electron chi connectivity index (χ4n) is 7.85. The van der Waals surface area contributed by atoms with Crippen molar-refractivity contribution in [2.75, 3.05) is 0 Å². The second-order valence-electron chi connectivity index (χ2n) is 13.6. The first-order valence-electron chi connectivity index (χ1n) is 15.3. The lowest BCUT2D eigenvalue weighted by molar-refractivity contribution is 0.652. The monoisotopic (exact) mass is 604 g/mol. The molecule has 0 unspecified atom stereocenters. The average Bonchev–Trinajstić information content (AvgIpc) is 3.73. The van der Waals surface area contributed by atoms with Crippen molar-refractivity contribution < 1.29 is 0 Å². The first-order valence-corrected chi connectivity index (χ1v) is 17.0. The standard InChI is InChI=1S/C40H32N2S2/c1-21-15-23(37-41-31-11-7-9-13-33(31)43-37)17-29-35(21)25-19-28-26(20-27(25)39(29,3)4)36-22(2)16-24(18-30(36)40(28,5)6)38-42-32-12-8-10-14-34(32)44-38/h7-20H,1-6H3. The van der Waals surface area contributed by atoms with Crippen molar-refractivity contribution in [3.05, 3.63) is 118 Å². The number of hydrogen-bond donors (Lipinski definition) is 0. The molecule has 0 atom stereocenters. The van der Waals surface area contributed by atoms with Crippen LogP contribution in [0.15, 0.2) is 84.9 Å². The molecule has 0 amide bonds. The SMILES string of the molecule is Cc1cc(-c2nc3ccccc3s2)cc2c1-c1cc3c(cc1C2(C)C)-c1c(C)cc(-c2nc4ccccc4s2)cc1C3(C)C. The predicted molar refractivity (Wildman–Crippen MR) is 188 cm³/mol. The highest BCUT2D eigenvalue weighted by molar-refractivity contribution is 7.22. The summed E-state index contributed by atoms with van der Waals surface area (Å²) in [5.41, 5.74) is 18.3. The first-order chi connectivity index (χ1) is 21.1. The Labute approximate surface area is 266 Å². The molecule has 0 saturated heterocycles. The predicted octanol–water partition coefficient (Wildman–Crippen LogP) is 11.5. The Bertz CT molecular complexity index is 2130. The summed E-state index contributed by atoms with van der Waals surface area (Å²) in [5.74, 6) is 0. The van der Waals surface area contributed by atoms with Gasteiger partial charge in [-0.1, -0.05) is 52.0 Å². The Morgan fingerprint density at radius 1 is 0.500 bits per heavy atom. The maximum absolute atomic E-state index is 5.01. The van der Waals surface area contributed by atoms with Gasteiger partial charge in [0.1, 0.15) is 10.0 Å². The van der Waals surface area contributed by atoms with Crippen LogP contribution < -0.4 is 0 Å². The Morgan fingerprint density at radius 2 is 0.909 bits per heavy atom. The normalized spacial score (nSPS) is 15.4. The number of aryl methyl sites for hydroxylation is 2. The zero-order valence-electron chi connectivity index (χ0n) is 25.8. The minimum atomic E-state index is -0.112. The summed E-state index contributed by atoms with van der Waals surface area (Å²) in [7, 11) is 0. The number of nitrogens with zero attached hydrogens (tertiary/aromatic N) is 2. The summed E-state index contributed by atoms with van der Waals surface area (Å²) in [6.07, 6.45) is 0. The van der Waals surface area contributed by atoms with Crippen LogP contribution in [0.2, 0.25) is 0 Å². The van der Waals surface area contributed by atoms with Gasteiger partial charge in [0, 0.05) is 22.0 Å². The van der Waals surface area contributed by atoms with Crippen molar-refractivity contribution in [3.63, 3.8) is 0 Å². The van der Waals surface area contributed by atoms with Crippen LogP contribution in [0.25, 0.3) is 63.8 Å². The number of thiazole rings is 2. The number of fused-ring (bicyclic) bond motifs is 8. The van der Waals surface area contributed by atoms with Gasteiger partial charge in [0.2, 0.25) is 0 Å². The van der Waals surface area contributed by atoms with Gasteiger partial charge in [-0.05, 0) is 130 Å². The van der Waals surface area contributed by atoms with Crippen LogP contribution in [0.5, 0.6) is 0 Å². The quantitative estimate of drug-likeness (QED) is 0.196. The molecule has 2 aromatic heterocycles. The minimum Gasteiger partial charge on any atom is -0.236 e. The van der Waals surface area contributed by atoms with Gasteiger partial charge in [0.25, 0.3) is 0 Å². The third kappa shape index (κ3) is 3.47. The third-order valence-corrected chi connectivity index (χ3v) is 12.3. The summed E-state index contributed by atoms with van der Waals surface area (Å²) >= 11 is 3.57. The lowest BCUT2D eigenvalue weighted by atomic mass is 9.79. The largest absolute Gasteiger partial charge is 0.236 e. The molecule has 0 bridgehead atoms. The maximum Gasteiger partial charge on any atom is 0.124 e. The summed E-state index contributed by atoms with van der Waals surface area (Å²) in [5, 5.41) is 2.20. The molecule has 9 rings (SSSR count). The van der Waals surface area contributed by atoms with Crippen molar-refractivity contribution in [1.29, 1.82) is 0 Å². The molecule has 2 nitrogen and oxygen atoms in total. The second kappa shape index (κ2) is 8.74. The molecule has 44 heavy (non-hydrogen) atoms. The van der Waals surface area contributed by atoms with Crippen molar-refractivity contribution in [2.45, 2.75) is 52.4 Å². The highest BCUT2D eigenvalue weighted by atomic mass is 32.1. The molecule has 0 radical (unpaired) electrons. The van der Waals surface area contributed by atoms with Crippen LogP contribution in [0, 0.1) is 13.8 Å². The number of rotatable bonds is 2. The fourth-order valence-corrected chi connectivity index (χ4v) is 9.76. The highest BCUT2D eigenvalue weighted by Crippen LogP contribution is 2.58. The van der Waals surface area contributed by atoms with E-state index >= 15 is 0 Å². The Hall–Kier alpha value is -4.12. The Morgan fingerprint density at radius 3 is 1.32 bits per heavy atom. The number of benzene rings is 5. The van der Waals surface area contributed by atoms with E-state index in [-0.39, 0.29) is 10.8 Å². The van der Waals surface area contributed by atoms with Gasteiger partial charge < -0.3 is 0 Å². The molecular formula is C40H32N2S2. The molecule has 0 saturated carbocycles. The minimum absolute atomic E-state index is 0.112. The van der Waals surface area contributed by atoms with Crippen molar-refractivity contribution in [3.8, 4) is 43.4 Å². The third-order valence-electron chi connectivity index (χ3n) is 10.1. The lowest BCUT2D eigenvalue weighted by Gasteiger charge is -2.24. The molecule has 2 aliphatic carbocycles. The van der Waals surface area contributed by atoms with Gasteiger partial charge in [-0.15, -0.1) is 22.7 Å². The maximum atomic E-state index is 5.01. The molecule has 0 fully saturated rings. The van der Waals surface area contributed by atoms with Crippen LogP contribution in [-0.2, 0) is 10.8 Å². The summed E-state index contributed by atoms with van der Waals surface area (Å²) in [6.45, 7) is 14.2. The van der Waals surface area contributed by atoms with Gasteiger partial charge >= 0.3 is 0 Å². The van der Waals surface area contributed by atoms with Crippen LogP contribution in [0.1, 0.15) is 61.1 Å². The molecule has 4 heteroatoms.